The van der Waals surface area contributed by atoms with Crippen molar-refractivity contribution >= 4 is 15.9 Å². The van der Waals surface area contributed by atoms with Gasteiger partial charge in [0.05, 0.1) is 4.90 Å². The minimum Gasteiger partial charge on any atom is -0.412 e. The number of carbonyl (C=O) groups excluding carboxylic acids is 1. The van der Waals surface area contributed by atoms with E-state index in [0.717, 1.165) is 12.8 Å². The Balaban J connectivity index is 1.67. The standard InChI is InChI=1S/C19H27N5O4S/c1-14-8-11-24(12-9-14)29(26,27)16-6-4-15(5-7-16)18-21-22-19(28-18)17(25)20-10-13-23(2)3/h4-7,14H,8-13H2,1-3H3,(H,20,25). The first-order valence-corrected chi connectivity index (χ1v) is 11.1. The quantitative estimate of drug-likeness (QED) is 0.721. The summed E-state index contributed by atoms with van der Waals surface area (Å²) in [6, 6.07) is 6.29. The van der Waals surface area contributed by atoms with Gasteiger partial charge in [-0.05, 0) is 57.1 Å². The summed E-state index contributed by atoms with van der Waals surface area (Å²) in [5, 5.41) is 10.4. The first-order chi connectivity index (χ1) is 13.8. The Kier molecular flexibility index (Phi) is 6.66. The van der Waals surface area contributed by atoms with E-state index in [2.05, 4.69) is 22.4 Å². The molecule has 158 valence electrons. The maximum atomic E-state index is 12.8. The van der Waals surface area contributed by atoms with E-state index in [4.69, 9.17) is 4.42 Å². The van der Waals surface area contributed by atoms with Crippen LogP contribution in [-0.2, 0) is 10.0 Å². The summed E-state index contributed by atoms with van der Waals surface area (Å²) in [7, 11) is 0.307. The fourth-order valence-electron chi connectivity index (χ4n) is 3.04. The molecule has 0 unspecified atom stereocenters. The zero-order valence-corrected chi connectivity index (χ0v) is 17.8. The van der Waals surface area contributed by atoms with Gasteiger partial charge >= 0.3 is 11.8 Å². The van der Waals surface area contributed by atoms with Crippen molar-refractivity contribution in [3.8, 4) is 11.5 Å². The number of nitrogens with one attached hydrogen (secondary N) is 1. The van der Waals surface area contributed by atoms with Crippen LogP contribution in [0.25, 0.3) is 11.5 Å². The number of likely N-dealkylation sites (N-methyl/N-ethyl adjacent to an activating group) is 1. The predicted molar refractivity (Wildman–Crippen MR) is 108 cm³/mol. The summed E-state index contributed by atoms with van der Waals surface area (Å²) in [6.45, 7) is 4.38. The normalized spacial score (nSPS) is 16.3. The smallest absolute Gasteiger partial charge is 0.308 e. The Morgan fingerprint density at radius 1 is 1.21 bits per heavy atom. The van der Waals surface area contributed by atoms with E-state index in [1.54, 1.807) is 12.1 Å². The number of aromatic nitrogens is 2. The zero-order chi connectivity index (χ0) is 21.0. The van der Waals surface area contributed by atoms with Crippen LogP contribution in [0.5, 0.6) is 0 Å². The van der Waals surface area contributed by atoms with Crippen LogP contribution in [0.1, 0.15) is 30.5 Å². The van der Waals surface area contributed by atoms with Gasteiger partial charge in [0, 0.05) is 31.7 Å². The predicted octanol–water partition coefficient (Wildman–Crippen LogP) is 1.45. The zero-order valence-electron chi connectivity index (χ0n) is 17.0. The van der Waals surface area contributed by atoms with Crippen LogP contribution < -0.4 is 5.32 Å². The average Bonchev–Trinajstić information content (AvgIpc) is 3.18. The van der Waals surface area contributed by atoms with Gasteiger partial charge in [-0.3, -0.25) is 4.79 Å². The van der Waals surface area contributed by atoms with Gasteiger partial charge in [0.1, 0.15) is 0 Å². The number of benzene rings is 1. The Morgan fingerprint density at radius 3 is 2.48 bits per heavy atom. The van der Waals surface area contributed by atoms with E-state index >= 15 is 0 Å². The maximum absolute atomic E-state index is 12.8. The van der Waals surface area contributed by atoms with Gasteiger partial charge in [-0.2, -0.15) is 4.31 Å². The molecule has 1 aromatic heterocycles. The fourth-order valence-corrected chi connectivity index (χ4v) is 4.51. The first kappa shape index (κ1) is 21.4. The van der Waals surface area contributed by atoms with Crippen molar-refractivity contribution in [1.29, 1.82) is 0 Å². The second-order valence-corrected chi connectivity index (χ2v) is 9.52. The van der Waals surface area contributed by atoms with Crippen molar-refractivity contribution in [2.75, 3.05) is 40.3 Å². The van der Waals surface area contributed by atoms with Gasteiger partial charge in [0.2, 0.25) is 15.9 Å². The lowest BCUT2D eigenvalue weighted by Gasteiger charge is -2.29. The molecule has 0 aliphatic carbocycles. The van der Waals surface area contributed by atoms with Crippen molar-refractivity contribution in [1.82, 2.24) is 24.7 Å². The van der Waals surface area contributed by atoms with Crippen LogP contribution in [-0.4, -0.2) is 74.0 Å². The lowest BCUT2D eigenvalue weighted by molar-refractivity contribution is 0.0917. The molecule has 0 radical (unpaired) electrons. The van der Waals surface area contributed by atoms with Crippen LogP contribution in [0.15, 0.2) is 33.6 Å². The molecule has 1 saturated heterocycles. The monoisotopic (exact) mass is 421 g/mol. The van der Waals surface area contributed by atoms with Gasteiger partial charge in [0.25, 0.3) is 0 Å². The van der Waals surface area contributed by atoms with E-state index in [1.807, 2.05) is 19.0 Å². The number of piperidine rings is 1. The van der Waals surface area contributed by atoms with Gasteiger partial charge in [-0.25, -0.2) is 8.42 Å². The van der Waals surface area contributed by atoms with Crippen LogP contribution in [0.3, 0.4) is 0 Å². The Labute approximate surface area is 171 Å². The van der Waals surface area contributed by atoms with Crippen molar-refractivity contribution in [3.05, 3.63) is 30.2 Å². The van der Waals surface area contributed by atoms with Crippen LogP contribution in [0, 0.1) is 5.92 Å². The highest BCUT2D eigenvalue weighted by molar-refractivity contribution is 7.89. The highest BCUT2D eigenvalue weighted by Gasteiger charge is 2.28. The van der Waals surface area contributed by atoms with E-state index in [1.165, 1.54) is 16.4 Å². The van der Waals surface area contributed by atoms with Crippen LogP contribution in [0.2, 0.25) is 0 Å². The number of hydrogen-bond donors (Lipinski definition) is 1. The lowest BCUT2D eigenvalue weighted by atomic mass is 10.0. The summed E-state index contributed by atoms with van der Waals surface area (Å²) in [6.07, 6.45) is 1.75. The number of amides is 1. The summed E-state index contributed by atoms with van der Waals surface area (Å²) in [5.41, 5.74) is 0.552. The highest BCUT2D eigenvalue weighted by Crippen LogP contribution is 2.25. The second kappa shape index (κ2) is 9.02. The third-order valence-electron chi connectivity index (χ3n) is 4.95. The summed E-state index contributed by atoms with van der Waals surface area (Å²) < 4.78 is 32.6. The van der Waals surface area contributed by atoms with Crippen molar-refractivity contribution < 1.29 is 17.6 Å². The molecule has 29 heavy (non-hydrogen) atoms. The number of rotatable bonds is 7. The molecule has 1 aromatic carbocycles. The van der Waals surface area contributed by atoms with Gasteiger partial charge < -0.3 is 14.6 Å². The molecular weight excluding hydrogens is 394 g/mol. The van der Waals surface area contributed by atoms with E-state index in [-0.39, 0.29) is 16.7 Å². The largest absolute Gasteiger partial charge is 0.412 e. The summed E-state index contributed by atoms with van der Waals surface area (Å²) >= 11 is 0. The SMILES string of the molecule is CC1CCN(S(=O)(=O)c2ccc(-c3nnc(C(=O)NCCN(C)C)o3)cc2)CC1. The second-order valence-electron chi connectivity index (χ2n) is 7.58. The van der Waals surface area contributed by atoms with Gasteiger partial charge in [-0.15, -0.1) is 10.2 Å². The number of hydrogen-bond acceptors (Lipinski definition) is 7. The highest BCUT2D eigenvalue weighted by atomic mass is 32.2. The number of carbonyl (C=O) groups is 1. The molecule has 1 aliphatic heterocycles. The van der Waals surface area contributed by atoms with E-state index in [0.29, 0.717) is 37.7 Å². The molecule has 2 heterocycles. The minimum atomic E-state index is -3.51. The summed E-state index contributed by atoms with van der Waals surface area (Å²) in [5.74, 6) is 0.149. The molecule has 9 nitrogen and oxygen atoms in total. The van der Waals surface area contributed by atoms with Gasteiger partial charge in [-0.1, -0.05) is 6.92 Å². The summed E-state index contributed by atoms with van der Waals surface area (Å²) in [4.78, 5) is 14.2. The van der Waals surface area contributed by atoms with Crippen molar-refractivity contribution in [2.24, 2.45) is 5.92 Å². The third-order valence-corrected chi connectivity index (χ3v) is 6.86. The number of nitrogens with zero attached hydrogens (tertiary/aromatic N) is 4. The maximum Gasteiger partial charge on any atom is 0.308 e. The Hall–Kier alpha value is -2.30. The molecule has 3 rings (SSSR count). The third kappa shape index (κ3) is 5.20. The lowest BCUT2D eigenvalue weighted by Crippen LogP contribution is -2.37. The molecule has 1 N–H and O–H groups in total. The number of sulfonamides is 1. The van der Waals surface area contributed by atoms with Crippen molar-refractivity contribution in [2.45, 2.75) is 24.7 Å². The average molecular weight is 422 g/mol. The topological polar surface area (TPSA) is 109 Å². The minimum absolute atomic E-state index is 0.127. The van der Waals surface area contributed by atoms with E-state index < -0.39 is 15.9 Å². The Bertz CT molecular complexity index is 932. The molecule has 1 amide bonds. The Morgan fingerprint density at radius 2 is 1.86 bits per heavy atom. The molecule has 1 fully saturated rings. The molecule has 0 saturated carbocycles. The first-order valence-electron chi connectivity index (χ1n) is 9.64. The van der Waals surface area contributed by atoms with Crippen molar-refractivity contribution in [3.63, 3.8) is 0 Å². The van der Waals surface area contributed by atoms with Crippen LogP contribution in [0.4, 0.5) is 0 Å². The fraction of sp³-hybridized carbons (Fsp3) is 0.526. The van der Waals surface area contributed by atoms with Gasteiger partial charge in [0.15, 0.2) is 0 Å². The molecule has 0 bridgehead atoms. The molecule has 0 atom stereocenters. The molecule has 1 aliphatic rings. The molecule has 10 heteroatoms. The van der Waals surface area contributed by atoms with Crippen LogP contribution >= 0.6 is 0 Å². The molecule has 2 aromatic rings. The molecular formula is C19H27N5O4S. The molecule has 0 spiro atoms. The van der Waals surface area contributed by atoms with E-state index in [9.17, 15) is 13.2 Å².